The summed E-state index contributed by atoms with van der Waals surface area (Å²) in [7, 11) is 0. The Hall–Kier alpha value is -1.75. The molecule has 0 aliphatic rings. The van der Waals surface area contributed by atoms with Gasteiger partial charge in [0.2, 0.25) is 0 Å². The van der Waals surface area contributed by atoms with Crippen molar-refractivity contribution in [3.63, 3.8) is 0 Å². The van der Waals surface area contributed by atoms with Crippen LogP contribution in [-0.2, 0) is 0 Å². The minimum atomic E-state index is -0.203. The summed E-state index contributed by atoms with van der Waals surface area (Å²) in [6, 6.07) is 5.86. The standard InChI is InChI=1S/C16H26N2O3/c1-12-6-4-7-13(2)15(12)21-11-9-17-16(20)18-14(3)8-5-10-19/h4,6-7,14,19H,5,8-11H2,1-3H3,(H2,17,18,20). The van der Waals surface area contributed by atoms with E-state index in [2.05, 4.69) is 10.6 Å². The van der Waals surface area contributed by atoms with Gasteiger partial charge in [-0.05, 0) is 44.7 Å². The monoisotopic (exact) mass is 294 g/mol. The van der Waals surface area contributed by atoms with Crippen LogP contribution in [0.5, 0.6) is 5.75 Å². The molecule has 21 heavy (non-hydrogen) atoms. The Morgan fingerprint density at radius 3 is 2.62 bits per heavy atom. The van der Waals surface area contributed by atoms with Gasteiger partial charge in [0.25, 0.3) is 0 Å². The van der Waals surface area contributed by atoms with E-state index in [-0.39, 0.29) is 18.7 Å². The lowest BCUT2D eigenvalue weighted by Gasteiger charge is -2.15. The molecule has 0 bridgehead atoms. The van der Waals surface area contributed by atoms with Crippen LogP contribution in [0.15, 0.2) is 18.2 Å². The van der Waals surface area contributed by atoms with Gasteiger partial charge < -0.3 is 20.5 Å². The fourth-order valence-electron chi connectivity index (χ4n) is 2.09. The first-order chi connectivity index (χ1) is 10.0. The number of rotatable bonds is 8. The summed E-state index contributed by atoms with van der Waals surface area (Å²) < 4.78 is 5.71. The van der Waals surface area contributed by atoms with E-state index in [0.717, 1.165) is 23.3 Å². The van der Waals surface area contributed by atoms with Crippen LogP contribution in [0.2, 0.25) is 0 Å². The quantitative estimate of drug-likeness (QED) is 0.643. The van der Waals surface area contributed by atoms with Gasteiger partial charge in [0.15, 0.2) is 0 Å². The van der Waals surface area contributed by atoms with Crippen LogP contribution in [0.25, 0.3) is 0 Å². The average molecular weight is 294 g/mol. The third-order valence-corrected chi connectivity index (χ3v) is 3.22. The molecule has 0 fully saturated rings. The minimum Gasteiger partial charge on any atom is -0.491 e. The molecule has 0 saturated carbocycles. The number of nitrogens with one attached hydrogen (secondary N) is 2. The van der Waals surface area contributed by atoms with Crippen LogP contribution in [0.1, 0.15) is 30.9 Å². The molecular weight excluding hydrogens is 268 g/mol. The van der Waals surface area contributed by atoms with Crippen molar-refractivity contribution in [2.75, 3.05) is 19.8 Å². The lowest BCUT2D eigenvalue weighted by molar-refractivity contribution is 0.230. The molecule has 1 aromatic carbocycles. The number of aryl methyl sites for hydroxylation is 2. The molecule has 1 aromatic rings. The number of aliphatic hydroxyl groups is 1. The van der Waals surface area contributed by atoms with E-state index in [9.17, 15) is 4.79 Å². The van der Waals surface area contributed by atoms with E-state index in [1.165, 1.54) is 0 Å². The van der Waals surface area contributed by atoms with Gasteiger partial charge >= 0.3 is 6.03 Å². The van der Waals surface area contributed by atoms with Crippen LogP contribution in [0.4, 0.5) is 4.79 Å². The molecular formula is C16H26N2O3. The van der Waals surface area contributed by atoms with Crippen LogP contribution < -0.4 is 15.4 Å². The molecule has 0 aliphatic heterocycles. The first-order valence-corrected chi connectivity index (χ1v) is 7.38. The second kappa shape index (κ2) is 9.23. The predicted octanol–water partition coefficient (Wildman–Crippen LogP) is 2.14. The van der Waals surface area contributed by atoms with Gasteiger partial charge in [-0.3, -0.25) is 0 Å². The normalized spacial score (nSPS) is 11.8. The predicted molar refractivity (Wildman–Crippen MR) is 83.7 cm³/mol. The topological polar surface area (TPSA) is 70.6 Å². The largest absolute Gasteiger partial charge is 0.491 e. The van der Waals surface area contributed by atoms with Gasteiger partial charge in [0, 0.05) is 12.6 Å². The molecule has 5 heteroatoms. The molecule has 0 radical (unpaired) electrons. The summed E-state index contributed by atoms with van der Waals surface area (Å²) in [5, 5.41) is 14.3. The SMILES string of the molecule is Cc1cccc(C)c1OCCNC(=O)NC(C)CCCO. The van der Waals surface area contributed by atoms with E-state index in [0.29, 0.717) is 19.6 Å². The van der Waals surface area contributed by atoms with Crippen molar-refractivity contribution < 1.29 is 14.6 Å². The molecule has 0 aliphatic carbocycles. The van der Waals surface area contributed by atoms with Crippen LogP contribution >= 0.6 is 0 Å². The zero-order valence-corrected chi connectivity index (χ0v) is 13.1. The van der Waals surface area contributed by atoms with Gasteiger partial charge in [-0.25, -0.2) is 4.79 Å². The number of hydrogen-bond acceptors (Lipinski definition) is 3. The number of carbonyl (C=O) groups excluding carboxylic acids is 1. The molecule has 1 rings (SSSR count). The number of aliphatic hydroxyl groups excluding tert-OH is 1. The fraction of sp³-hybridized carbons (Fsp3) is 0.562. The Morgan fingerprint density at radius 2 is 2.00 bits per heavy atom. The zero-order chi connectivity index (χ0) is 15.7. The zero-order valence-electron chi connectivity index (χ0n) is 13.1. The Kier molecular flexibility index (Phi) is 7.61. The van der Waals surface area contributed by atoms with E-state index >= 15 is 0 Å². The third-order valence-electron chi connectivity index (χ3n) is 3.22. The van der Waals surface area contributed by atoms with Crippen molar-refractivity contribution >= 4 is 6.03 Å². The van der Waals surface area contributed by atoms with Crippen molar-refractivity contribution in [2.24, 2.45) is 0 Å². The Bertz CT molecular complexity index is 429. The maximum Gasteiger partial charge on any atom is 0.315 e. The number of hydrogen-bond donors (Lipinski definition) is 3. The van der Waals surface area contributed by atoms with E-state index in [4.69, 9.17) is 9.84 Å². The highest BCUT2D eigenvalue weighted by molar-refractivity contribution is 5.74. The molecule has 118 valence electrons. The van der Waals surface area contributed by atoms with Crippen LogP contribution in [0, 0.1) is 13.8 Å². The van der Waals surface area contributed by atoms with Crippen LogP contribution in [-0.4, -0.2) is 36.9 Å². The van der Waals surface area contributed by atoms with Gasteiger partial charge in [0.05, 0.1) is 6.54 Å². The molecule has 5 nitrogen and oxygen atoms in total. The molecule has 3 N–H and O–H groups in total. The first-order valence-electron chi connectivity index (χ1n) is 7.38. The fourth-order valence-corrected chi connectivity index (χ4v) is 2.09. The average Bonchev–Trinajstić information content (AvgIpc) is 2.43. The Balaban J connectivity index is 2.23. The minimum absolute atomic E-state index is 0.0525. The summed E-state index contributed by atoms with van der Waals surface area (Å²) in [6.45, 7) is 6.97. The summed E-state index contributed by atoms with van der Waals surface area (Å²) in [4.78, 5) is 11.6. The van der Waals surface area contributed by atoms with E-state index < -0.39 is 0 Å². The van der Waals surface area contributed by atoms with Gasteiger partial charge in [-0.15, -0.1) is 0 Å². The number of benzene rings is 1. The Morgan fingerprint density at radius 1 is 1.33 bits per heavy atom. The van der Waals surface area contributed by atoms with E-state index in [1.807, 2.05) is 39.0 Å². The van der Waals surface area contributed by atoms with Crippen molar-refractivity contribution in [1.82, 2.24) is 10.6 Å². The molecule has 0 saturated heterocycles. The van der Waals surface area contributed by atoms with E-state index in [1.54, 1.807) is 0 Å². The molecule has 1 unspecified atom stereocenters. The summed E-state index contributed by atoms with van der Waals surface area (Å²) >= 11 is 0. The highest BCUT2D eigenvalue weighted by atomic mass is 16.5. The summed E-state index contributed by atoms with van der Waals surface area (Å²) in [6.07, 6.45) is 1.46. The van der Waals surface area contributed by atoms with Crippen molar-refractivity contribution in [1.29, 1.82) is 0 Å². The lowest BCUT2D eigenvalue weighted by atomic mass is 10.1. The molecule has 1 atom stereocenters. The highest BCUT2D eigenvalue weighted by Gasteiger charge is 2.07. The number of amides is 2. The lowest BCUT2D eigenvalue weighted by Crippen LogP contribution is -2.42. The third kappa shape index (κ3) is 6.49. The van der Waals surface area contributed by atoms with Crippen molar-refractivity contribution in [2.45, 2.75) is 39.7 Å². The summed E-state index contributed by atoms with van der Waals surface area (Å²) in [5.41, 5.74) is 2.19. The van der Waals surface area contributed by atoms with Gasteiger partial charge in [0.1, 0.15) is 12.4 Å². The molecule has 0 aromatic heterocycles. The molecule has 0 spiro atoms. The molecule has 0 heterocycles. The maximum atomic E-state index is 11.6. The summed E-state index contributed by atoms with van der Waals surface area (Å²) in [5.74, 6) is 0.885. The first kappa shape index (κ1) is 17.3. The second-order valence-electron chi connectivity index (χ2n) is 5.24. The van der Waals surface area contributed by atoms with Crippen molar-refractivity contribution in [3.8, 4) is 5.75 Å². The van der Waals surface area contributed by atoms with Crippen LogP contribution in [0.3, 0.4) is 0 Å². The smallest absolute Gasteiger partial charge is 0.315 e. The Labute approximate surface area is 126 Å². The molecule has 2 amide bonds. The van der Waals surface area contributed by atoms with Crippen molar-refractivity contribution in [3.05, 3.63) is 29.3 Å². The highest BCUT2D eigenvalue weighted by Crippen LogP contribution is 2.21. The maximum absolute atomic E-state index is 11.6. The van der Waals surface area contributed by atoms with Gasteiger partial charge in [-0.2, -0.15) is 0 Å². The second-order valence-corrected chi connectivity index (χ2v) is 5.24. The number of ether oxygens (including phenoxy) is 1. The number of carbonyl (C=O) groups is 1. The number of urea groups is 1. The van der Waals surface area contributed by atoms with Gasteiger partial charge in [-0.1, -0.05) is 18.2 Å². The number of para-hydroxylation sites is 1.